The fraction of sp³-hybridized carbons (Fsp3) is 0.480. The van der Waals surface area contributed by atoms with E-state index in [-0.39, 0.29) is 23.4 Å². The monoisotopic (exact) mass is 414 g/mol. The van der Waals surface area contributed by atoms with Crippen LogP contribution < -0.4 is 9.47 Å². The van der Waals surface area contributed by atoms with Gasteiger partial charge in [-0.15, -0.1) is 0 Å². The molecule has 0 saturated heterocycles. The van der Waals surface area contributed by atoms with Gasteiger partial charge in [0.1, 0.15) is 17.2 Å². The molecule has 0 spiro atoms. The lowest BCUT2D eigenvalue weighted by Gasteiger charge is -2.30. The van der Waals surface area contributed by atoms with Crippen LogP contribution in [0.1, 0.15) is 71.3 Å². The van der Waals surface area contributed by atoms with Gasteiger partial charge in [-0.1, -0.05) is 53.7 Å². The summed E-state index contributed by atoms with van der Waals surface area (Å²) in [6.07, 6.45) is -0.0132. The van der Waals surface area contributed by atoms with Crippen molar-refractivity contribution in [1.82, 2.24) is 0 Å². The van der Waals surface area contributed by atoms with Crippen molar-refractivity contribution in [2.45, 2.75) is 65.4 Å². The highest BCUT2D eigenvalue weighted by Crippen LogP contribution is 2.43. The van der Waals surface area contributed by atoms with Gasteiger partial charge < -0.3 is 19.3 Å². The average Bonchev–Trinajstić information content (AvgIpc) is 2.66. The molecule has 2 aromatic rings. The Morgan fingerprint density at radius 3 is 1.93 bits per heavy atom. The summed E-state index contributed by atoms with van der Waals surface area (Å²) < 4.78 is 17.6. The van der Waals surface area contributed by atoms with Crippen molar-refractivity contribution < 1.29 is 24.1 Å². The van der Waals surface area contributed by atoms with Crippen LogP contribution in [0.5, 0.6) is 17.2 Å². The van der Waals surface area contributed by atoms with Crippen LogP contribution in [-0.4, -0.2) is 24.8 Å². The van der Waals surface area contributed by atoms with E-state index < -0.39 is 6.10 Å². The van der Waals surface area contributed by atoms with E-state index >= 15 is 0 Å². The van der Waals surface area contributed by atoms with E-state index in [4.69, 9.17) is 14.2 Å². The van der Waals surface area contributed by atoms with Crippen molar-refractivity contribution in [3.8, 4) is 17.2 Å². The normalized spacial score (nSPS) is 13.0. The zero-order chi connectivity index (χ0) is 22.5. The third-order valence-corrected chi connectivity index (χ3v) is 4.78. The summed E-state index contributed by atoms with van der Waals surface area (Å²) in [6.45, 7) is 15.4. The quantitative estimate of drug-likeness (QED) is 0.342. The SMILES string of the molecule is CCOCOc1c(C(C)(C)C)cc(OC(C=O)c2ccc(O)cc2)cc1C(C)(C)C. The highest BCUT2D eigenvalue weighted by molar-refractivity contribution is 5.61. The van der Waals surface area contributed by atoms with E-state index in [9.17, 15) is 9.90 Å². The maximum absolute atomic E-state index is 11.8. The fourth-order valence-electron chi connectivity index (χ4n) is 3.11. The standard InChI is InChI=1S/C25H34O5/c1-8-28-16-29-23-20(24(2,3)4)13-19(14-21(23)25(5,6)7)30-22(15-26)17-9-11-18(27)12-10-17/h9-15,22,27H,8,16H2,1-7H3. The number of phenolic OH excluding ortho intramolecular Hbond substituents is 1. The van der Waals surface area contributed by atoms with Gasteiger partial charge in [0.15, 0.2) is 19.2 Å². The summed E-state index contributed by atoms with van der Waals surface area (Å²) in [4.78, 5) is 11.8. The highest BCUT2D eigenvalue weighted by atomic mass is 16.7. The van der Waals surface area contributed by atoms with Gasteiger partial charge in [0.2, 0.25) is 0 Å². The zero-order valence-corrected chi connectivity index (χ0v) is 19.1. The van der Waals surface area contributed by atoms with Crippen LogP contribution in [0.2, 0.25) is 0 Å². The number of aromatic hydroxyl groups is 1. The van der Waals surface area contributed by atoms with Crippen molar-refractivity contribution in [3.05, 3.63) is 53.1 Å². The smallest absolute Gasteiger partial charge is 0.189 e. The van der Waals surface area contributed by atoms with E-state index in [0.29, 0.717) is 17.9 Å². The molecule has 0 fully saturated rings. The van der Waals surface area contributed by atoms with Crippen molar-refractivity contribution in [2.24, 2.45) is 0 Å². The minimum Gasteiger partial charge on any atom is -0.508 e. The zero-order valence-electron chi connectivity index (χ0n) is 19.1. The average molecular weight is 415 g/mol. The number of hydrogen-bond donors (Lipinski definition) is 1. The summed E-state index contributed by atoms with van der Waals surface area (Å²) in [5.41, 5.74) is 2.22. The number of carbonyl (C=O) groups excluding carboxylic acids is 1. The Morgan fingerprint density at radius 2 is 1.50 bits per heavy atom. The molecule has 0 bridgehead atoms. The predicted molar refractivity (Wildman–Crippen MR) is 119 cm³/mol. The summed E-state index contributed by atoms with van der Waals surface area (Å²) in [5.74, 6) is 1.53. The molecule has 0 radical (unpaired) electrons. The van der Waals surface area contributed by atoms with E-state index in [2.05, 4.69) is 41.5 Å². The molecule has 0 heterocycles. The van der Waals surface area contributed by atoms with Gasteiger partial charge in [0.05, 0.1) is 0 Å². The minimum absolute atomic E-state index is 0.143. The van der Waals surface area contributed by atoms with Crippen molar-refractivity contribution in [1.29, 1.82) is 0 Å². The molecule has 0 aliphatic heterocycles. The van der Waals surface area contributed by atoms with Gasteiger partial charge >= 0.3 is 0 Å². The summed E-state index contributed by atoms with van der Waals surface area (Å²) in [5, 5.41) is 9.52. The molecule has 0 saturated carbocycles. The molecular weight excluding hydrogens is 380 g/mol. The van der Waals surface area contributed by atoms with Crippen molar-refractivity contribution >= 4 is 6.29 Å². The molecule has 5 nitrogen and oxygen atoms in total. The number of ether oxygens (including phenoxy) is 3. The molecule has 0 aliphatic carbocycles. The number of carbonyl (C=O) groups is 1. The first kappa shape index (κ1) is 23.7. The first-order valence-electron chi connectivity index (χ1n) is 10.3. The second kappa shape index (κ2) is 9.52. The van der Waals surface area contributed by atoms with Gasteiger partial charge in [-0.3, -0.25) is 4.79 Å². The van der Waals surface area contributed by atoms with Gasteiger partial charge in [-0.2, -0.15) is 0 Å². The van der Waals surface area contributed by atoms with Crippen LogP contribution in [0, 0.1) is 0 Å². The molecule has 0 amide bonds. The van der Waals surface area contributed by atoms with Gasteiger partial charge in [0, 0.05) is 17.7 Å². The lowest BCUT2D eigenvalue weighted by Crippen LogP contribution is -2.21. The molecule has 5 heteroatoms. The molecule has 0 aromatic heterocycles. The molecule has 2 aromatic carbocycles. The first-order chi connectivity index (χ1) is 14.0. The van der Waals surface area contributed by atoms with Crippen LogP contribution in [0.4, 0.5) is 0 Å². The third kappa shape index (κ3) is 5.99. The Kier molecular flexibility index (Phi) is 7.54. The molecule has 1 atom stereocenters. The van der Waals surface area contributed by atoms with Crippen LogP contribution in [0.3, 0.4) is 0 Å². The van der Waals surface area contributed by atoms with Gasteiger partial charge in [-0.05, 0) is 47.6 Å². The molecule has 1 unspecified atom stereocenters. The van der Waals surface area contributed by atoms with E-state index in [1.165, 1.54) is 0 Å². The first-order valence-corrected chi connectivity index (χ1v) is 10.3. The number of hydrogen-bond acceptors (Lipinski definition) is 5. The van der Waals surface area contributed by atoms with Gasteiger partial charge in [-0.25, -0.2) is 0 Å². The molecule has 164 valence electrons. The lowest BCUT2D eigenvalue weighted by molar-refractivity contribution is -0.113. The van der Waals surface area contributed by atoms with Crippen LogP contribution in [0.15, 0.2) is 36.4 Å². The summed E-state index contributed by atoms with van der Waals surface area (Å²) in [7, 11) is 0. The maximum atomic E-state index is 11.8. The second-order valence-corrected chi connectivity index (χ2v) is 9.37. The summed E-state index contributed by atoms with van der Waals surface area (Å²) >= 11 is 0. The summed E-state index contributed by atoms with van der Waals surface area (Å²) in [6, 6.07) is 10.3. The van der Waals surface area contributed by atoms with Crippen LogP contribution in [-0.2, 0) is 20.4 Å². The van der Waals surface area contributed by atoms with Gasteiger partial charge in [0.25, 0.3) is 0 Å². The van der Waals surface area contributed by atoms with Crippen LogP contribution in [0.25, 0.3) is 0 Å². The third-order valence-electron chi connectivity index (χ3n) is 4.78. The number of aldehydes is 1. The highest BCUT2D eigenvalue weighted by Gasteiger charge is 2.29. The Morgan fingerprint density at radius 1 is 0.967 bits per heavy atom. The lowest BCUT2D eigenvalue weighted by atomic mass is 9.79. The Labute approximate surface area is 180 Å². The minimum atomic E-state index is -0.776. The number of benzene rings is 2. The van der Waals surface area contributed by atoms with E-state index in [1.54, 1.807) is 24.3 Å². The maximum Gasteiger partial charge on any atom is 0.189 e. The van der Waals surface area contributed by atoms with Crippen LogP contribution >= 0.6 is 0 Å². The molecule has 2 rings (SSSR count). The molecule has 30 heavy (non-hydrogen) atoms. The van der Waals surface area contributed by atoms with E-state index in [0.717, 1.165) is 23.2 Å². The van der Waals surface area contributed by atoms with Crippen molar-refractivity contribution in [2.75, 3.05) is 13.4 Å². The molecular formula is C25H34O5. The fourth-order valence-corrected chi connectivity index (χ4v) is 3.11. The topological polar surface area (TPSA) is 65.0 Å². The Hall–Kier alpha value is -2.53. The molecule has 0 aliphatic rings. The van der Waals surface area contributed by atoms with Crippen molar-refractivity contribution in [3.63, 3.8) is 0 Å². The second-order valence-electron chi connectivity index (χ2n) is 9.37. The Balaban J connectivity index is 2.54. The molecule has 1 N–H and O–H groups in total. The largest absolute Gasteiger partial charge is 0.508 e. The predicted octanol–water partition coefficient (Wildman–Crippen LogP) is 5.68. The number of rotatable bonds is 8. The Bertz CT molecular complexity index is 806. The van der Waals surface area contributed by atoms with E-state index in [1.807, 2.05) is 19.1 Å². The number of phenols is 1.